The minimum absolute atomic E-state index is 0.214. The van der Waals surface area contributed by atoms with Gasteiger partial charge in [0.05, 0.1) is 0 Å². The van der Waals surface area contributed by atoms with E-state index in [1.54, 1.807) is 6.07 Å². The van der Waals surface area contributed by atoms with Crippen LogP contribution in [-0.4, -0.2) is 40.9 Å². The van der Waals surface area contributed by atoms with Crippen molar-refractivity contribution in [3.63, 3.8) is 0 Å². The van der Waals surface area contributed by atoms with Gasteiger partial charge in [0.2, 0.25) is 0 Å². The smallest absolute Gasteiger partial charge is 0.407 e. The summed E-state index contributed by atoms with van der Waals surface area (Å²) in [6, 6.07) is 1.77. The first-order chi connectivity index (χ1) is 10.7. The van der Waals surface area contributed by atoms with Crippen LogP contribution in [0.15, 0.2) is 6.07 Å². The summed E-state index contributed by atoms with van der Waals surface area (Å²) >= 11 is 0. The van der Waals surface area contributed by atoms with Gasteiger partial charge in [-0.2, -0.15) is 5.10 Å². The fourth-order valence-electron chi connectivity index (χ4n) is 1.91. The van der Waals surface area contributed by atoms with Gasteiger partial charge in [0.25, 0.3) is 5.91 Å². The average molecular weight is 324 g/mol. The van der Waals surface area contributed by atoms with Crippen molar-refractivity contribution < 1.29 is 14.3 Å². The van der Waals surface area contributed by atoms with E-state index < -0.39 is 11.7 Å². The molecule has 0 spiro atoms. The van der Waals surface area contributed by atoms with Crippen LogP contribution in [0.5, 0.6) is 0 Å². The quantitative estimate of drug-likeness (QED) is 0.670. The Morgan fingerprint density at radius 1 is 1.26 bits per heavy atom. The second-order valence-electron chi connectivity index (χ2n) is 6.91. The lowest BCUT2D eigenvalue weighted by Crippen LogP contribution is -2.34. The predicted molar refractivity (Wildman–Crippen MR) is 88.3 cm³/mol. The average Bonchev–Trinajstić information content (AvgIpc) is 2.83. The van der Waals surface area contributed by atoms with E-state index in [1.807, 2.05) is 20.8 Å². The molecule has 1 aromatic rings. The number of ether oxygens (including phenoxy) is 1. The summed E-state index contributed by atoms with van der Waals surface area (Å²) in [4.78, 5) is 23.4. The molecule has 23 heavy (non-hydrogen) atoms. The molecule has 0 atom stereocenters. The summed E-state index contributed by atoms with van der Waals surface area (Å²) < 4.78 is 5.12. The Morgan fingerprint density at radius 3 is 2.52 bits per heavy atom. The SMILES string of the molecule is CC(C)Cc1cc(C(=O)NCCCNC(=O)OC(C)(C)C)n[nH]1. The van der Waals surface area contributed by atoms with Crippen molar-refractivity contribution in [2.45, 2.75) is 53.1 Å². The van der Waals surface area contributed by atoms with Crippen LogP contribution >= 0.6 is 0 Å². The number of carbonyl (C=O) groups is 2. The van der Waals surface area contributed by atoms with E-state index in [1.165, 1.54) is 0 Å². The molecule has 3 N–H and O–H groups in total. The lowest BCUT2D eigenvalue weighted by Gasteiger charge is -2.19. The van der Waals surface area contributed by atoms with Crippen molar-refractivity contribution in [2.24, 2.45) is 5.92 Å². The maximum atomic E-state index is 11.9. The van der Waals surface area contributed by atoms with E-state index in [-0.39, 0.29) is 5.91 Å². The van der Waals surface area contributed by atoms with Gasteiger partial charge < -0.3 is 15.4 Å². The maximum Gasteiger partial charge on any atom is 0.407 e. The van der Waals surface area contributed by atoms with E-state index in [0.29, 0.717) is 31.1 Å². The number of amides is 2. The Morgan fingerprint density at radius 2 is 1.91 bits per heavy atom. The third kappa shape index (κ3) is 8.23. The zero-order chi connectivity index (χ0) is 17.5. The minimum atomic E-state index is -0.508. The lowest BCUT2D eigenvalue weighted by molar-refractivity contribution is 0.0527. The molecule has 0 aromatic carbocycles. The van der Waals surface area contributed by atoms with Crippen LogP contribution in [0.3, 0.4) is 0 Å². The third-order valence-corrected chi connectivity index (χ3v) is 2.80. The summed E-state index contributed by atoms with van der Waals surface area (Å²) in [5.41, 5.74) is 0.837. The fraction of sp³-hybridized carbons (Fsp3) is 0.688. The molecule has 0 unspecified atom stereocenters. The molecule has 1 rings (SSSR count). The second-order valence-corrected chi connectivity index (χ2v) is 6.91. The first kappa shape index (κ1) is 19.0. The highest BCUT2D eigenvalue weighted by molar-refractivity contribution is 5.92. The first-order valence-electron chi connectivity index (χ1n) is 7.96. The van der Waals surface area contributed by atoms with Crippen LogP contribution in [0.2, 0.25) is 0 Å². The molecule has 0 bridgehead atoms. The standard InChI is InChI=1S/C16H28N4O3/c1-11(2)9-12-10-13(20-19-12)14(21)17-7-6-8-18-15(22)23-16(3,4)5/h10-11H,6-9H2,1-5H3,(H,17,21)(H,18,22)(H,19,20). The van der Waals surface area contributed by atoms with Crippen LogP contribution in [-0.2, 0) is 11.2 Å². The zero-order valence-corrected chi connectivity index (χ0v) is 14.7. The van der Waals surface area contributed by atoms with Crippen LogP contribution in [0.1, 0.15) is 57.2 Å². The molecule has 0 aliphatic heterocycles. The molecular formula is C16H28N4O3. The molecule has 0 fully saturated rings. The number of rotatable bonds is 7. The van der Waals surface area contributed by atoms with Gasteiger partial charge in [-0.05, 0) is 45.6 Å². The second kappa shape index (κ2) is 8.55. The summed E-state index contributed by atoms with van der Waals surface area (Å²) in [6.45, 7) is 10.5. The van der Waals surface area contributed by atoms with E-state index in [4.69, 9.17) is 4.74 Å². The number of alkyl carbamates (subject to hydrolysis) is 1. The summed E-state index contributed by atoms with van der Waals surface area (Å²) in [6.07, 6.45) is 1.03. The van der Waals surface area contributed by atoms with Crippen molar-refractivity contribution in [2.75, 3.05) is 13.1 Å². The molecule has 2 amide bonds. The first-order valence-corrected chi connectivity index (χ1v) is 7.96. The van der Waals surface area contributed by atoms with Crippen LogP contribution in [0, 0.1) is 5.92 Å². The maximum absolute atomic E-state index is 11.9. The summed E-state index contributed by atoms with van der Waals surface area (Å²) in [5, 5.41) is 12.3. The number of nitrogens with one attached hydrogen (secondary N) is 3. The lowest BCUT2D eigenvalue weighted by atomic mass is 10.1. The highest BCUT2D eigenvalue weighted by Gasteiger charge is 2.15. The molecular weight excluding hydrogens is 296 g/mol. The van der Waals surface area contributed by atoms with Gasteiger partial charge >= 0.3 is 6.09 Å². The topological polar surface area (TPSA) is 96.1 Å². The number of hydrogen-bond donors (Lipinski definition) is 3. The van der Waals surface area contributed by atoms with Gasteiger partial charge in [-0.3, -0.25) is 9.89 Å². The molecule has 0 saturated heterocycles. The Balaban J connectivity index is 2.22. The Hall–Kier alpha value is -2.05. The van der Waals surface area contributed by atoms with Crippen LogP contribution in [0.25, 0.3) is 0 Å². The van der Waals surface area contributed by atoms with E-state index in [9.17, 15) is 9.59 Å². The van der Waals surface area contributed by atoms with Gasteiger partial charge in [0.1, 0.15) is 11.3 Å². The monoisotopic (exact) mass is 324 g/mol. The van der Waals surface area contributed by atoms with Crippen LogP contribution < -0.4 is 10.6 Å². The number of hydrogen-bond acceptors (Lipinski definition) is 4. The molecule has 1 aromatic heterocycles. The van der Waals surface area contributed by atoms with Gasteiger partial charge in [-0.25, -0.2) is 4.79 Å². The van der Waals surface area contributed by atoms with Gasteiger partial charge in [-0.1, -0.05) is 13.8 Å². The molecule has 0 aliphatic rings. The van der Waals surface area contributed by atoms with Crippen molar-refractivity contribution in [1.29, 1.82) is 0 Å². The summed E-state index contributed by atoms with van der Waals surface area (Å²) in [5.74, 6) is 0.291. The Labute approximate surface area is 137 Å². The largest absolute Gasteiger partial charge is 0.444 e. The summed E-state index contributed by atoms with van der Waals surface area (Å²) in [7, 11) is 0. The molecule has 1 heterocycles. The molecule has 0 radical (unpaired) electrons. The third-order valence-electron chi connectivity index (χ3n) is 2.80. The fourth-order valence-corrected chi connectivity index (χ4v) is 1.91. The number of aromatic amines is 1. The van der Waals surface area contributed by atoms with E-state index in [0.717, 1.165) is 12.1 Å². The highest BCUT2D eigenvalue weighted by Crippen LogP contribution is 2.07. The molecule has 130 valence electrons. The predicted octanol–water partition coefficient (Wildman–Crippen LogP) is 2.25. The number of nitrogens with zero attached hydrogens (tertiary/aromatic N) is 1. The Kier molecular flexibility index (Phi) is 7.06. The minimum Gasteiger partial charge on any atom is -0.444 e. The van der Waals surface area contributed by atoms with Gasteiger partial charge in [0.15, 0.2) is 0 Å². The highest BCUT2D eigenvalue weighted by atomic mass is 16.6. The number of H-pyrrole nitrogens is 1. The van der Waals surface area contributed by atoms with E-state index in [2.05, 4.69) is 34.7 Å². The van der Waals surface area contributed by atoms with Crippen molar-refractivity contribution in [3.05, 3.63) is 17.5 Å². The van der Waals surface area contributed by atoms with Crippen LogP contribution in [0.4, 0.5) is 4.79 Å². The molecule has 7 nitrogen and oxygen atoms in total. The van der Waals surface area contributed by atoms with Crippen molar-refractivity contribution in [1.82, 2.24) is 20.8 Å². The molecule has 7 heteroatoms. The zero-order valence-electron chi connectivity index (χ0n) is 14.7. The Bertz CT molecular complexity index is 518. The van der Waals surface area contributed by atoms with Crippen molar-refractivity contribution in [3.8, 4) is 0 Å². The molecule has 0 saturated carbocycles. The molecule has 0 aliphatic carbocycles. The number of carbonyl (C=O) groups excluding carboxylic acids is 2. The number of aromatic nitrogens is 2. The van der Waals surface area contributed by atoms with Gasteiger partial charge in [-0.15, -0.1) is 0 Å². The normalized spacial score (nSPS) is 11.4. The van der Waals surface area contributed by atoms with E-state index >= 15 is 0 Å². The van der Waals surface area contributed by atoms with Gasteiger partial charge in [0, 0.05) is 18.8 Å². The van der Waals surface area contributed by atoms with Crippen molar-refractivity contribution >= 4 is 12.0 Å².